The molecule has 156 valence electrons. The van der Waals surface area contributed by atoms with Gasteiger partial charge in [-0.3, -0.25) is 19.8 Å². The first-order valence-electron chi connectivity index (χ1n) is 8.23. The number of alkyl halides is 3. The molecule has 0 atom stereocenters. The van der Waals surface area contributed by atoms with Crippen LogP contribution in [0, 0.1) is 10.1 Å². The van der Waals surface area contributed by atoms with E-state index in [-0.39, 0.29) is 29.4 Å². The highest BCUT2D eigenvalue weighted by atomic mass is 19.4. The number of anilines is 1. The number of halogens is 3. The Morgan fingerprint density at radius 1 is 1.21 bits per heavy atom. The number of carbonyl (C=O) groups excluding carboxylic acids is 1. The van der Waals surface area contributed by atoms with E-state index in [4.69, 9.17) is 4.74 Å². The van der Waals surface area contributed by atoms with Gasteiger partial charge in [0.25, 0.3) is 5.69 Å². The molecular formula is C18H18F3N3O5. The molecule has 0 saturated heterocycles. The molecule has 2 aromatic carbocycles. The van der Waals surface area contributed by atoms with E-state index in [1.165, 1.54) is 49.6 Å². The number of amides is 1. The number of nitro groups is 1. The number of nitro benzene ring substituents is 1. The third-order valence-corrected chi connectivity index (χ3v) is 3.69. The van der Waals surface area contributed by atoms with Crippen LogP contribution in [-0.4, -0.2) is 42.8 Å². The zero-order chi connectivity index (χ0) is 21.6. The monoisotopic (exact) mass is 413 g/mol. The fourth-order valence-electron chi connectivity index (χ4n) is 2.50. The Balaban J connectivity index is 1.93. The predicted octanol–water partition coefficient (Wildman–Crippen LogP) is 3.57. The molecule has 0 radical (unpaired) electrons. The Hall–Kier alpha value is -3.34. The van der Waals surface area contributed by atoms with Crippen LogP contribution in [0.15, 0.2) is 42.5 Å². The number of carbonyl (C=O) groups is 1. The van der Waals surface area contributed by atoms with Crippen molar-refractivity contribution in [2.75, 3.05) is 26.0 Å². The molecule has 2 rings (SSSR count). The molecule has 0 unspecified atom stereocenters. The van der Waals surface area contributed by atoms with Gasteiger partial charge >= 0.3 is 6.36 Å². The van der Waals surface area contributed by atoms with Gasteiger partial charge in [-0.2, -0.15) is 0 Å². The van der Waals surface area contributed by atoms with Crippen LogP contribution >= 0.6 is 0 Å². The van der Waals surface area contributed by atoms with Crippen molar-refractivity contribution < 1.29 is 32.4 Å². The summed E-state index contributed by atoms with van der Waals surface area (Å²) in [7, 11) is 2.99. The second kappa shape index (κ2) is 9.24. The number of methoxy groups -OCH3 is 1. The van der Waals surface area contributed by atoms with Crippen molar-refractivity contribution in [3.8, 4) is 11.5 Å². The second-order valence-electron chi connectivity index (χ2n) is 6.05. The third kappa shape index (κ3) is 6.96. The fourth-order valence-corrected chi connectivity index (χ4v) is 2.50. The Labute approximate surface area is 164 Å². The molecule has 0 heterocycles. The summed E-state index contributed by atoms with van der Waals surface area (Å²) in [6.07, 6.45) is -4.75. The Morgan fingerprint density at radius 2 is 1.86 bits per heavy atom. The smallest absolute Gasteiger partial charge is 0.494 e. The van der Waals surface area contributed by atoms with Crippen LogP contribution in [0.2, 0.25) is 0 Å². The van der Waals surface area contributed by atoms with Gasteiger partial charge in [0, 0.05) is 12.6 Å². The predicted molar refractivity (Wildman–Crippen MR) is 97.7 cm³/mol. The number of benzene rings is 2. The molecule has 0 bridgehead atoms. The Bertz CT molecular complexity index is 872. The highest BCUT2D eigenvalue weighted by Crippen LogP contribution is 2.29. The number of hydrogen-bond donors (Lipinski definition) is 1. The van der Waals surface area contributed by atoms with Gasteiger partial charge in [-0.1, -0.05) is 12.1 Å². The summed E-state index contributed by atoms with van der Waals surface area (Å²) in [6.45, 7) is 0.276. The third-order valence-electron chi connectivity index (χ3n) is 3.69. The molecule has 0 aliphatic carbocycles. The fraction of sp³-hybridized carbons (Fsp3) is 0.278. The number of non-ortho nitro benzene ring substituents is 1. The zero-order valence-electron chi connectivity index (χ0n) is 15.5. The molecule has 0 saturated carbocycles. The van der Waals surface area contributed by atoms with Crippen LogP contribution in [-0.2, 0) is 11.3 Å². The molecule has 0 aliphatic heterocycles. The summed E-state index contributed by atoms with van der Waals surface area (Å²) < 4.78 is 45.4. The van der Waals surface area contributed by atoms with Crippen molar-refractivity contribution in [1.29, 1.82) is 0 Å². The van der Waals surface area contributed by atoms with Crippen LogP contribution in [0.3, 0.4) is 0 Å². The van der Waals surface area contributed by atoms with Crippen LogP contribution in [0.1, 0.15) is 5.56 Å². The SMILES string of the molecule is COc1cc([N+](=O)[O-])ccc1NC(=O)CN(C)Cc1ccc(OC(F)(F)F)cc1. The molecule has 29 heavy (non-hydrogen) atoms. The normalized spacial score (nSPS) is 11.2. The zero-order valence-corrected chi connectivity index (χ0v) is 15.5. The van der Waals surface area contributed by atoms with E-state index in [2.05, 4.69) is 10.1 Å². The Kier molecular flexibility index (Phi) is 6.99. The highest BCUT2D eigenvalue weighted by Gasteiger charge is 2.30. The molecule has 0 spiro atoms. The van der Waals surface area contributed by atoms with E-state index in [0.29, 0.717) is 12.1 Å². The lowest BCUT2D eigenvalue weighted by Crippen LogP contribution is -2.30. The largest absolute Gasteiger partial charge is 0.573 e. The highest BCUT2D eigenvalue weighted by molar-refractivity contribution is 5.93. The number of likely N-dealkylation sites (N-methyl/N-ethyl adjacent to an activating group) is 1. The van der Waals surface area contributed by atoms with Crippen molar-refractivity contribution in [3.05, 3.63) is 58.1 Å². The van der Waals surface area contributed by atoms with E-state index in [9.17, 15) is 28.1 Å². The van der Waals surface area contributed by atoms with E-state index in [1.54, 1.807) is 11.9 Å². The lowest BCUT2D eigenvalue weighted by molar-refractivity contribution is -0.384. The molecule has 0 aromatic heterocycles. The lowest BCUT2D eigenvalue weighted by atomic mass is 10.2. The van der Waals surface area contributed by atoms with E-state index in [1.807, 2.05) is 0 Å². The first kappa shape index (κ1) is 22.0. The van der Waals surface area contributed by atoms with Crippen LogP contribution in [0.4, 0.5) is 24.5 Å². The molecule has 1 amide bonds. The van der Waals surface area contributed by atoms with Crippen molar-refractivity contribution in [3.63, 3.8) is 0 Å². The lowest BCUT2D eigenvalue weighted by Gasteiger charge is -2.17. The first-order valence-corrected chi connectivity index (χ1v) is 8.23. The minimum absolute atomic E-state index is 0.0268. The number of nitrogens with one attached hydrogen (secondary N) is 1. The Morgan fingerprint density at radius 3 is 2.41 bits per heavy atom. The number of ether oxygens (including phenoxy) is 2. The summed E-state index contributed by atoms with van der Waals surface area (Å²) >= 11 is 0. The molecule has 8 nitrogen and oxygen atoms in total. The molecule has 2 aromatic rings. The van der Waals surface area contributed by atoms with Gasteiger partial charge in [-0.15, -0.1) is 13.2 Å². The molecule has 11 heteroatoms. The van der Waals surface area contributed by atoms with E-state index in [0.717, 1.165) is 0 Å². The minimum Gasteiger partial charge on any atom is -0.494 e. The molecule has 1 N–H and O–H groups in total. The summed E-state index contributed by atoms with van der Waals surface area (Å²) in [5.41, 5.74) is 0.794. The van der Waals surface area contributed by atoms with Gasteiger partial charge in [0.2, 0.25) is 5.91 Å². The van der Waals surface area contributed by atoms with Gasteiger partial charge < -0.3 is 14.8 Å². The summed E-state index contributed by atoms with van der Waals surface area (Å²) in [6, 6.07) is 9.13. The molecule has 0 aliphatic rings. The molecule has 0 fully saturated rings. The van der Waals surface area contributed by atoms with Gasteiger partial charge in [-0.25, -0.2) is 0 Å². The summed E-state index contributed by atoms with van der Waals surface area (Å²) in [5, 5.41) is 13.4. The maximum atomic E-state index is 12.2. The second-order valence-corrected chi connectivity index (χ2v) is 6.05. The van der Waals surface area contributed by atoms with Crippen LogP contribution in [0.25, 0.3) is 0 Å². The van der Waals surface area contributed by atoms with Crippen molar-refractivity contribution in [1.82, 2.24) is 4.90 Å². The number of nitrogens with zero attached hydrogens (tertiary/aromatic N) is 2. The van der Waals surface area contributed by atoms with E-state index < -0.39 is 17.2 Å². The van der Waals surface area contributed by atoms with Crippen molar-refractivity contribution in [2.24, 2.45) is 0 Å². The topological polar surface area (TPSA) is 93.9 Å². The molecular weight excluding hydrogens is 395 g/mol. The summed E-state index contributed by atoms with van der Waals surface area (Å²) in [4.78, 5) is 24.1. The van der Waals surface area contributed by atoms with E-state index >= 15 is 0 Å². The maximum Gasteiger partial charge on any atom is 0.573 e. The van der Waals surface area contributed by atoms with Gasteiger partial charge in [0.1, 0.15) is 11.5 Å². The van der Waals surface area contributed by atoms with Gasteiger partial charge in [0.15, 0.2) is 0 Å². The van der Waals surface area contributed by atoms with Gasteiger partial charge in [0.05, 0.1) is 30.3 Å². The summed E-state index contributed by atoms with van der Waals surface area (Å²) in [5.74, 6) is -0.570. The minimum atomic E-state index is -4.75. The van der Waals surface area contributed by atoms with Crippen molar-refractivity contribution in [2.45, 2.75) is 12.9 Å². The first-order chi connectivity index (χ1) is 13.6. The standard InChI is InChI=1S/C18H18F3N3O5/c1-23(10-12-3-6-14(7-4-12)29-18(19,20)21)11-17(25)22-15-8-5-13(24(26)27)9-16(15)28-2/h3-9H,10-11H2,1-2H3,(H,22,25). The maximum absolute atomic E-state index is 12.2. The van der Waals surface area contributed by atoms with Gasteiger partial charge in [-0.05, 0) is 30.8 Å². The average molecular weight is 413 g/mol. The van der Waals surface area contributed by atoms with Crippen LogP contribution in [0.5, 0.6) is 11.5 Å². The quantitative estimate of drug-likeness (QED) is 0.525. The van der Waals surface area contributed by atoms with Crippen LogP contribution < -0.4 is 14.8 Å². The van der Waals surface area contributed by atoms with Crippen molar-refractivity contribution >= 4 is 17.3 Å². The average Bonchev–Trinajstić information content (AvgIpc) is 2.62. The number of rotatable bonds is 8. The number of hydrogen-bond acceptors (Lipinski definition) is 6.